The van der Waals surface area contributed by atoms with E-state index in [-0.39, 0.29) is 15.9 Å². The van der Waals surface area contributed by atoms with Crippen molar-refractivity contribution in [3.63, 3.8) is 0 Å². The maximum atomic E-state index is 12.5. The van der Waals surface area contributed by atoms with Crippen LogP contribution in [0.25, 0.3) is 0 Å². The Balaban J connectivity index is 2.09. The predicted octanol–water partition coefficient (Wildman–Crippen LogP) is 1.41. The summed E-state index contributed by atoms with van der Waals surface area (Å²) < 4.78 is 24.9. The van der Waals surface area contributed by atoms with Crippen LogP contribution in [0.3, 0.4) is 0 Å². The molecule has 2 aromatic rings. The smallest absolute Gasteiger partial charge is 0.321 e. The van der Waals surface area contributed by atoms with Crippen LogP contribution in [0.5, 0.6) is 0 Å². The van der Waals surface area contributed by atoms with Gasteiger partial charge in [0, 0.05) is 12.0 Å². The topological polar surface area (TPSA) is 138 Å². The fourth-order valence-corrected chi connectivity index (χ4v) is 3.84. The minimum atomic E-state index is -4.47. The zero-order valence-electron chi connectivity index (χ0n) is 16.3. The molecule has 0 fully saturated rings. The summed E-state index contributed by atoms with van der Waals surface area (Å²) in [6, 6.07) is 11.0. The molecular weight excluding hydrogens is 422 g/mol. The molecule has 1 radical (unpaired) electrons. The molecular formula is C21H20N3O6S. The van der Waals surface area contributed by atoms with E-state index in [1.54, 1.807) is 30.3 Å². The molecule has 31 heavy (non-hydrogen) atoms. The van der Waals surface area contributed by atoms with Gasteiger partial charge < -0.3 is 5.73 Å². The first-order valence-electron chi connectivity index (χ1n) is 9.02. The van der Waals surface area contributed by atoms with Crippen molar-refractivity contribution in [3.8, 4) is 12.3 Å². The first-order valence-corrected chi connectivity index (χ1v) is 10.5. The fourth-order valence-electron chi connectivity index (χ4n) is 2.66. The van der Waals surface area contributed by atoms with Gasteiger partial charge in [0.25, 0.3) is 10.0 Å². The number of imide groups is 1. The number of amides is 3. The highest BCUT2D eigenvalue weighted by atomic mass is 32.2. The van der Waals surface area contributed by atoms with E-state index < -0.39 is 40.8 Å². The van der Waals surface area contributed by atoms with Gasteiger partial charge in [-0.2, -0.15) is 0 Å². The van der Waals surface area contributed by atoms with Crippen molar-refractivity contribution < 1.29 is 28.0 Å². The van der Waals surface area contributed by atoms with E-state index in [2.05, 4.69) is 5.92 Å². The zero-order valence-corrected chi connectivity index (χ0v) is 17.2. The minimum absolute atomic E-state index is 0.0901. The van der Waals surface area contributed by atoms with E-state index >= 15 is 0 Å². The van der Waals surface area contributed by atoms with Crippen LogP contribution in [-0.2, 0) is 26.2 Å². The molecule has 0 saturated heterocycles. The van der Waals surface area contributed by atoms with Crippen LogP contribution in [0, 0.1) is 12.3 Å². The molecule has 0 aromatic heterocycles. The molecule has 3 N–H and O–H groups in total. The van der Waals surface area contributed by atoms with Crippen LogP contribution < -0.4 is 5.73 Å². The summed E-state index contributed by atoms with van der Waals surface area (Å²) in [7, 11) is -4.47. The summed E-state index contributed by atoms with van der Waals surface area (Å²) in [5.41, 5.74) is 6.35. The molecule has 0 aliphatic carbocycles. The number of carbonyl (C=O) groups excluding carboxylic acids is 3. The number of nitrogens with zero attached hydrogens (tertiary/aromatic N) is 2. The van der Waals surface area contributed by atoms with E-state index in [4.69, 9.17) is 12.2 Å². The molecule has 3 amide bonds. The molecule has 0 saturated carbocycles. The number of benzene rings is 2. The molecule has 1 atom stereocenters. The van der Waals surface area contributed by atoms with Crippen LogP contribution in [0.2, 0.25) is 0 Å². The van der Waals surface area contributed by atoms with Crippen molar-refractivity contribution in [2.45, 2.75) is 30.3 Å². The van der Waals surface area contributed by atoms with Crippen LogP contribution in [0.1, 0.15) is 24.0 Å². The van der Waals surface area contributed by atoms with Gasteiger partial charge in [-0.15, -0.1) is 6.42 Å². The quantitative estimate of drug-likeness (QED) is 0.445. The van der Waals surface area contributed by atoms with Gasteiger partial charge in [0.2, 0.25) is 12.2 Å². The van der Waals surface area contributed by atoms with Crippen molar-refractivity contribution in [2.24, 2.45) is 5.73 Å². The molecule has 0 spiro atoms. The molecule has 0 bridgehead atoms. The number of sulfonamides is 1. The predicted molar refractivity (Wildman–Crippen MR) is 110 cm³/mol. The first-order chi connectivity index (χ1) is 14.7. The number of hydroxylamine groups is 1. The lowest BCUT2D eigenvalue weighted by atomic mass is 10.1. The average molecular weight is 442 g/mol. The van der Waals surface area contributed by atoms with E-state index in [9.17, 15) is 28.0 Å². The fraction of sp³-hybridized carbons (Fsp3) is 0.190. The number of primary amides is 1. The molecule has 0 aliphatic rings. The molecule has 0 aliphatic heterocycles. The lowest BCUT2D eigenvalue weighted by Crippen LogP contribution is -2.42. The number of hydrogen-bond donors (Lipinski definition) is 2. The summed E-state index contributed by atoms with van der Waals surface area (Å²) in [6.07, 6.45) is 5.77. The third-order valence-electron chi connectivity index (χ3n) is 4.35. The standard InChI is InChI=1S/C21H20N3O6S/c1-2-16-8-11-19(12-9-16)31(29,30)24(28)18(15-25)10-13-20(26)23(21(22)27)14-17-6-4-3-5-7-17/h1,3-9,11-12,18,28H,10,13-14H2,(H2,22,27)/t18-/m1/s1. The second kappa shape index (κ2) is 10.5. The SMILES string of the molecule is C#Cc1ccc(S(=O)(=O)N(O)[C@@H]([C]=O)CCC(=O)N(Cc2ccccc2)C(N)=O)cc1. The van der Waals surface area contributed by atoms with Crippen LogP contribution in [-0.4, -0.2) is 47.3 Å². The van der Waals surface area contributed by atoms with Gasteiger partial charge in [0.15, 0.2) is 0 Å². The van der Waals surface area contributed by atoms with E-state index in [1.165, 1.54) is 30.6 Å². The van der Waals surface area contributed by atoms with Crippen molar-refractivity contribution in [3.05, 3.63) is 65.7 Å². The number of terminal acetylenes is 1. The second-order valence-electron chi connectivity index (χ2n) is 6.42. The number of hydrogen-bond acceptors (Lipinski definition) is 6. The summed E-state index contributed by atoms with van der Waals surface area (Å²) >= 11 is 0. The number of urea groups is 1. The van der Waals surface area contributed by atoms with Gasteiger partial charge in [-0.1, -0.05) is 40.7 Å². The van der Waals surface area contributed by atoms with E-state index in [0.717, 1.165) is 4.90 Å². The normalized spacial score (nSPS) is 12.0. The Morgan fingerprint density at radius 3 is 2.23 bits per heavy atom. The molecule has 0 heterocycles. The molecule has 0 unspecified atom stereocenters. The summed E-state index contributed by atoms with van der Waals surface area (Å²) in [5, 5.41) is 10.1. The Labute approximate surface area is 180 Å². The third-order valence-corrected chi connectivity index (χ3v) is 5.96. The average Bonchev–Trinajstić information content (AvgIpc) is 2.78. The molecule has 9 nitrogen and oxygen atoms in total. The van der Waals surface area contributed by atoms with Crippen molar-refractivity contribution in [2.75, 3.05) is 0 Å². The van der Waals surface area contributed by atoms with Crippen LogP contribution in [0.15, 0.2) is 59.5 Å². The maximum Gasteiger partial charge on any atom is 0.321 e. The van der Waals surface area contributed by atoms with Crippen LogP contribution in [0.4, 0.5) is 4.79 Å². The lowest BCUT2D eigenvalue weighted by molar-refractivity contribution is -0.129. The van der Waals surface area contributed by atoms with Gasteiger partial charge in [0.1, 0.15) is 6.04 Å². The second-order valence-corrected chi connectivity index (χ2v) is 8.22. The van der Waals surface area contributed by atoms with Gasteiger partial charge in [0.05, 0.1) is 11.4 Å². The summed E-state index contributed by atoms with van der Waals surface area (Å²) in [6.45, 7) is -0.0901. The number of rotatable bonds is 9. The molecule has 2 aromatic carbocycles. The Morgan fingerprint density at radius 1 is 1.10 bits per heavy atom. The largest absolute Gasteiger partial charge is 0.351 e. The van der Waals surface area contributed by atoms with Gasteiger partial charge in [-0.05, 0) is 36.2 Å². The Bertz CT molecular complexity index is 1080. The Hall–Kier alpha value is -3.52. The Kier molecular flexibility index (Phi) is 8.04. The minimum Gasteiger partial charge on any atom is -0.351 e. The van der Waals surface area contributed by atoms with E-state index in [0.29, 0.717) is 11.1 Å². The molecule has 2 rings (SSSR count). The monoisotopic (exact) mass is 442 g/mol. The zero-order chi connectivity index (χ0) is 23.0. The lowest BCUT2D eigenvalue weighted by Gasteiger charge is -2.22. The van der Waals surface area contributed by atoms with Gasteiger partial charge in [-0.25, -0.2) is 13.2 Å². The number of carbonyl (C=O) groups is 2. The third kappa shape index (κ3) is 5.99. The molecule has 161 valence electrons. The summed E-state index contributed by atoms with van der Waals surface area (Å²) in [4.78, 5) is 35.9. The van der Waals surface area contributed by atoms with E-state index in [1.807, 2.05) is 0 Å². The highest BCUT2D eigenvalue weighted by Gasteiger charge is 2.32. The highest BCUT2D eigenvalue weighted by molar-refractivity contribution is 7.89. The number of nitrogens with two attached hydrogens (primary N) is 1. The van der Waals surface area contributed by atoms with Gasteiger partial charge >= 0.3 is 6.03 Å². The summed E-state index contributed by atoms with van der Waals surface area (Å²) in [5.74, 6) is 1.59. The maximum absolute atomic E-state index is 12.5. The van der Waals surface area contributed by atoms with Crippen molar-refractivity contribution >= 4 is 28.2 Å². The van der Waals surface area contributed by atoms with Crippen molar-refractivity contribution in [1.82, 2.24) is 9.37 Å². The van der Waals surface area contributed by atoms with Crippen LogP contribution >= 0.6 is 0 Å². The first kappa shape index (κ1) is 23.8. The Morgan fingerprint density at radius 2 is 1.71 bits per heavy atom. The molecule has 10 heteroatoms. The van der Waals surface area contributed by atoms with Crippen molar-refractivity contribution in [1.29, 1.82) is 0 Å². The highest BCUT2D eigenvalue weighted by Crippen LogP contribution is 2.19. The van der Waals surface area contributed by atoms with Gasteiger partial charge in [-0.3, -0.25) is 19.7 Å².